The van der Waals surface area contributed by atoms with Gasteiger partial charge >= 0.3 is 5.97 Å². The summed E-state index contributed by atoms with van der Waals surface area (Å²) >= 11 is 0. The summed E-state index contributed by atoms with van der Waals surface area (Å²) < 4.78 is 5.69. The Hall–Kier alpha value is -4.65. The van der Waals surface area contributed by atoms with E-state index in [1.807, 2.05) is 0 Å². The third-order valence-corrected chi connectivity index (χ3v) is 6.97. The van der Waals surface area contributed by atoms with E-state index in [-0.39, 0.29) is 34.5 Å². The highest BCUT2D eigenvalue weighted by Gasteiger charge is 2.57. The van der Waals surface area contributed by atoms with E-state index in [1.165, 1.54) is 30.3 Å². The zero-order chi connectivity index (χ0) is 24.5. The Morgan fingerprint density at radius 2 is 1.37 bits per heavy atom. The Bertz CT molecular complexity index is 1510. The molecule has 2 atom stereocenters. The summed E-state index contributed by atoms with van der Waals surface area (Å²) in [6.07, 6.45) is 0.295. The molecule has 0 aromatic heterocycles. The second-order valence-electron chi connectivity index (χ2n) is 8.94. The van der Waals surface area contributed by atoms with Crippen molar-refractivity contribution < 1.29 is 35.1 Å². The second-order valence-corrected chi connectivity index (χ2v) is 8.94. The molecule has 1 heterocycles. The van der Waals surface area contributed by atoms with Crippen LogP contribution in [0.25, 0.3) is 0 Å². The van der Waals surface area contributed by atoms with Crippen molar-refractivity contribution in [1.29, 1.82) is 0 Å². The zero-order valence-electron chi connectivity index (χ0n) is 18.3. The molecule has 6 rings (SSSR count). The second kappa shape index (κ2) is 7.17. The van der Waals surface area contributed by atoms with Gasteiger partial charge in [0, 0.05) is 29.2 Å². The summed E-state index contributed by atoms with van der Waals surface area (Å²) in [4.78, 5) is 13.8. The van der Waals surface area contributed by atoms with Crippen LogP contribution in [0.2, 0.25) is 0 Å². The highest BCUT2D eigenvalue weighted by atomic mass is 16.5. The first kappa shape index (κ1) is 20.9. The van der Waals surface area contributed by atoms with E-state index in [2.05, 4.69) is 0 Å². The van der Waals surface area contributed by atoms with E-state index in [9.17, 15) is 30.3 Å². The number of phenolic OH excluding ortho intramolecular Hbond substituents is 5. The summed E-state index contributed by atoms with van der Waals surface area (Å²) in [6.45, 7) is 0. The highest BCUT2D eigenvalue weighted by molar-refractivity contribution is 6.00. The molecule has 2 aliphatic rings. The highest BCUT2D eigenvalue weighted by Crippen LogP contribution is 2.58. The molecule has 0 spiro atoms. The number of hydrogen-bond acceptors (Lipinski definition) is 7. The minimum Gasteiger partial charge on any atom is -0.508 e. The van der Waals surface area contributed by atoms with E-state index in [0.29, 0.717) is 34.2 Å². The fraction of sp³-hybridized carbons (Fsp3) is 0.107. The molecule has 174 valence electrons. The normalized spacial score (nSPS) is 20.0. The monoisotopic (exact) mass is 468 g/mol. The van der Waals surface area contributed by atoms with Crippen LogP contribution in [0.1, 0.15) is 39.3 Å². The molecule has 7 nitrogen and oxygen atoms in total. The van der Waals surface area contributed by atoms with Gasteiger partial charge < -0.3 is 30.3 Å². The molecule has 1 aliphatic carbocycles. The van der Waals surface area contributed by atoms with Gasteiger partial charge in [-0.05, 0) is 65.1 Å². The molecule has 0 amide bonds. The fourth-order valence-corrected chi connectivity index (χ4v) is 5.59. The fourth-order valence-electron chi connectivity index (χ4n) is 5.59. The number of carbonyl (C=O) groups is 1. The van der Waals surface area contributed by atoms with Crippen molar-refractivity contribution in [3.63, 3.8) is 0 Å². The molecule has 1 aliphatic heterocycles. The van der Waals surface area contributed by atoms with E-state index in [4.69, 9.17) is 4.74 Å². The van der Waals surface area contributed by atoms with E-state index >= 15 is 0 Å². The summed E-state index contributed by atoms with van der Waals surface area (Å²) in [6, 6.07) is 18.3. The minimum absolute atomic E-state index is 0.0113. The Labute approximate surface area is 199 Å². The first-order chi connectivity index (χ1) is 16.8. The van der Waals surface area contributed by atoms with Crippen LogP contribution in [-0.4, -0.2) is 31.5 Å². The van der Waals surface area contributed by atoms with Crippen molar-refractivity contribution in [3.05, 3.63) is 106 Å². The standard InChI is InChI=1S/C28H20O7/c29-17-5-1-14(2-6-17)21-10-15-9-19(31)13-24-26(15)28(27(34)35-24,16-3-7-18(30)8-4-16)22-11-20(32)12-23(33)25(21)22/h1-9,11-13,21,29-33H,10H2/t21-,28-/m0/s1. The quantitative estimate of drug-likeness (QED) is 0.221. The van der Waals surface area contributed by atoms with Crippen molar-refractivity contribution in [2.75, 3.05) is 0 Å². The van der Waals surface area contributed by atoms with Crippen LogP contribution in [-0.2, 0) is 16.6 Å². The van der Waals surface area contributed by atoms with Crippen LogP contribution in [0.5, 0.6) is 34.5 Å². The molecule has 7 heteroatoms. The maximum Gasteiger partial charge on any atom is 0.331 e. The Morgan fingerprint density at radius 3 is 2.06 bits per heavy atom. The summed E-state index contributed by atoms with van der Waals surface area (Å²) in [5.41, 5.74) is 1.57. The SMILES string of the molecule is O=C1Oc2cc(O)cc3c2[C@]1(c1ccc(O)cc1)c1cc(O)cc(O)c1[C@H](c1ccc(O)cc1)C3. The molecule has 0 saturated carbocycles. The van der Waals surface area contributed by atoms with Crippen LogP contribution in [0.15, 0.2) is 72.8 Å². The minimum atomic E-state index is -1.57. The number of carbonyl (C=O) groups excluding carboxylic acids is 1. The number of aromatic hydroxyl groups is 5. The molecule has 0 radical (unpaired) electrons. The lowest BCUT2D eigenvalue weighted by Gasteiger charge is -2.30. The lowest BCUT2D eigenvalue weighted by molar-refractivity contribution is -0.135. The number of phenols is 5. The topological polar surface area (TPSA) is 127 Å². The molecule has 0 unspecified atom stereocenters. The predicted molar refractivity (Wildman–Crippen MR) is 125 cm³/mol. The molecule has 4 aromatic rings. The van der Waals surface area contributed by atoms with Gasteiger partial charge in [-0.25, -0.2) is 4.79 Å². The summed E-state index contributed by atoms with van der Waals surface area (Å²) in [5.74, 6) is -1.35. The van der Waals surface area contributed by atoms with Gasteiger partial charge in [0.1, 0.15) is 39.9 Å². The number of benzene rings is 4. The largest absolute Gasteiger partial charge is 0.508 e. The van der Waals surface area contributed by atoms with E-state index < -0.39 is 17.3 Å². The maximum absolute atomic E-state index is 13.8. The third-order valence-electron chi connectivity index (χ3n) is 6.97. The van der Waals surface area contributed by atoms with Gasteiger partial charge in [0.05, 0.1) is 0 Å². The van der Waals surface area contributed by atoms with Gasteiger partial charge in [-0.1, -0.05) is 24.3 Å². The Morgan fingerprint density at radius 1 is 0.743 bits per heavy atom. The van der Waals surface area contributed by atoms with Crippen molar-refractivity contribution in [1.82, 2.24) is 0 Å². The lowest BCUT2D eigenvalue weighted by Crippen LogP contribution is -2.37. The van der Waals surface area contributed by atoms with E-state index in [0.717, 1.165) is 5.56 Å². The molecule has 4 aromatic carbocycles. The molecular weight excluding hydrogens is 448 g/mol. The molecule has 0 saturated heterocycles. The van der Waals surface area contributed by atoms with Gasteiger partial charge in [-0.15, -0.1) is 0 Å². The van der Waals surface area contributed by atoms with Crippen molar-refractivity contribution >= 4 is 5.97 Å². The van der Waals surface area contributed by atoms with Crippen LogP contribution < -0.4 is 4.74 Å². The molecular formula is C28H20O7. The van der Waals surface area contributed by atoms with Gasteiger partial charge in [0.25, 0.3) is 0 Å². The maximum atomic E-state index is 13.8. The van der Waals surface area contributed by atoms with Gasteiger partial charge in [0.15, 0.2) is 0 Å². The first-order valence-corrected chi connectivity index (χ1v) is 11.0. The summed E-state index contributed by atoms with van der Waals surface area (Å²) in [7, 11) is 0. The molecule has 5 N–H and O–H groups in total. The van der Waals surface area contributed by atoms with Gasteiger partial charge in [-0.3, -0.25) is 0 Å². The zero-order valence-corrected chi connectivity index (χ0v) is 18.3. The number of ether oxygens (including phenoxy) is 1. The third kappa shape index (κ3) is 2.88. The van der Waals surface area contributed by atoms with Crippen molar-refractivity contribution in [2.45, 2.75) is 17.8 Å². The lowest BCUT2D eigenvalue weighted by atomic mass is 9.68. The smallest absolute Gasteiger partial charge is 0.331 e. The van der Waals surface area contributed by atoms with Crippen LogP contribution in [0, 0.1) is 0 Å². The van der Waals surface area contributed by atoms with Crippen LogP contribution in [0.4, 0.5) is 0 Å². The van der Waals surface area contributed by atoms with Crippen LogP contribution in [0.3, 0.4) is 0 Å². The van der Waals surface area contributed by atoms with Gasteiger partial charge in [0.2, 0.25) is 0 Å². The average molecular weight is 468 g/mol. The van der Waals surface area contributed by atoms with Gasteiger partial charge in [-0.2, -0.15) is 0 Å². The Balaban J connectivity index is 1.78. The number of fused-ring (bicyclic) bond motifs is 2. The Kier molecular flexibility index (Phi) is 4.29. The molecule has 35 heavy (non-hydrogen) atoms. The molecule has 0 fully saturated rings. The first-order valence-electron chi connectivity index (χ1n) is 11.0. The van der Waals surface area contributed by atoms with Crippen molar-refractivity contribution in [2.24, 2.45) is 0 Å². The van der Waals surface area contributed by atoms with E-state index in [1.54, 1.807) is 42.5 Å². The predicted octanol–water partition coefficient (Wildman–Crippen LogP) is 4.16. The number of esters is 1. The number of rotatable bonds is 2. The molecule has 0 bridgehead atoms. The average Bonchev–Trinajstić information content (AvgIpc) is 3.03. The van der Waals surface area contributed by atoms with Crippen LogP contribution >= 0.6 is 0 Å². The summed E-state index contributed by atoms with van der Waals surface area (Å²) in [5, 5.41) is 51.9. The van der Waals surface area contributed by atoms with Crippen molar-refractivity contribution in [3.8, 4) is 34.5 Å². The number of hydrogen-bond donors (Lipinski definition) is 5.